The lowest BCUT2D eigenvalue weighted by Crippen LogP contribution is -2.06. The molecule has 0 spiro atoms. The highest BCUT2D eigenvalue weighted by atomic mass is 19.1. The van der Waals surface area contributed by atoms with E-state index in [1.165, 1.54) is 12.1 Å². The number of aryl methyl sites for hydroxylation is 2. The molecule has 1 heterocycles. The fourth-order valence-corrected chi connectivity index (χ4v) is 1.83. The van der Waals surface area contributed by atoms with E-state index in [9.17, 15) is 9.18 Å². The normalized spacial score (nSPS) is 10.5. The van der Waals surface area contributed by atoms with Crippen LogP contribution in [0.25, 0.3) is 0 Å². The average molecular weight is 231 g/mol. The maximum atomic E-state index is 12.9. The molecule has 2 rings (SSSR count). The average Bonchev–Trinajstić information content (AvgIpc) is 2.72. The van der Waals surface area contributed by atoms with E-state index in [1.807, 2.05) is 25.4 Å². The number of hydrogen-bond acceptors (Lipinski definition) is 1. The molecule has 0 aliphatic rings. The van der Waals surface area contributed by atoms with Gasteiger partial charge in [-0.25, -0.2) is 4.39 Å². The van der Waals surface area contributed by atoms with Crippen molar-refractivity contribution in [1.82, 2.24) is 4.57 Å². The molecule has 3 heteroatoms. The number of rotatable bonds is 4. The Hall–Kier alpha value is -1.90. The van der Waals surface area contributed by atoms with Gasteiger partial charge in [0.2, 0.25) is 0 Å². The van der Waals surface area contributed by atoms with Gasteiger partial charge in [0.25, 0.3) is 0 Å². The summed E-state index contributed by atoms with van der Waals surface area (Å²) in [5.74, 6) is -0.171. The van der Waals surface area contributed by atoms with Crippen LogP contribution in [0.1, 0.15) is 22.5 Å². The number of nitrogens with zero attached hydrogens (tertiary/aromatic N) is 1. The standard InChI is InChI=1S/C14H14FNO/c1-16-9-3-6-13(16)14(17)8-7-11-4-2-5-12(15)10-11/h2-6,9-10H,7-8H2,1H3. The quantitative estimate of drug-likeness (QED) is 0.741. The van der Waals surface area contributed by atoms with Gasteiger partial charge in [-0.1, -0.05) is 12.1 Å². The maximum Gasteiger partial charge on any atom is 0.179 e. The minimum absolute atomic E-state index is 0.0850. The van der Waals surface area contributed by atoms with Gasteiger partial charge in [0.1, 0.15) is 5.82 Å². The van der Waals surface area contributed by atoms with Gasteiger partial charge in [-0.3, -0.25) is 4.79 Å². The first-order valence-electron chi connectivity index (χ1n) is 5.56. The van der Waals surface area contributed by atoms with Crippen LogP contribution in [0.2, 0.25) is 0 Å². The fourth-order valence-electron chi connectivity index (χ4n) is 1.83. The third-order valence-corrected chi connectivity index (χ3v) is 2.76. The summed E-state index contributed by atoms with van der Waals surface area (Å²) in [5.41, 5.74) is 1.55. The van der Waals surface area contributed by atoms with Crippen LogP contribution in [0.5, 0.6) is 0 Å². The number of aromatic nitrogens is 1. The smallest absolute Gasteiger partial charge is 0.179 e. The summed E-state index contributed by atoms with van der Waals surface area (Å²) in [6.07, 6.45) is 2.82. The predicted octanol–water partition coefficient (Wildman–Crippen LogP) is 2.98. The topological polar surface area (TPSA) is 22.0 Å². The van der Waals surface area contributed by atoms with Gasteiger partial charge in [0.15, 0.2) is 5.78 Å². The fraction of sp³-hybridized carbons (Fsp3) is 0.214. The van der Waals surface area contributed by atoms with E-state index in [0.717, 1.165) is 5.56 Å². The SMILES string of the molecule is Cn1cccc1C(=O)CCc1cccc(F)c1. The Kier molecular flexibility index (Phi) is 3.38. The first-order valence-corrected chi connectivity index (χ1v) is 5.56. The molecule has 0 aliphatic heterocycles. The van der Waals surface area contributed by atoms with Crippen LogP contribution in [-0.4, -0.2) is 10.4 Å². The van der Waals surface area contributed by atoms with Gasteiger partial charge in [0.05, 0.1) is 5.69 Å². The summed E-state index contributed by atoms with van der Waals surface area (Å²) in [6.45, 7) is 0. The van der Waals surface area contributed by atoms with Gasteiger partial charge in [-0.2, -0.15) is 0 Å². The first-order chi connectivity index (χ1) is 8.16. The zero-order valence-electron chi connectivity index (χ0n) is 9.69. The molecule has 0 aliphatic carbocycles. The predicted molar refractivity (Wildman–Crippen MR) is 64.5 cm³/mol. The van der Waals surface area contributed by atoms with E-state index >= 15 is 0 Å². The van der Waals surface area contributed by atoms with Crippen molar-refractivity contribution in [2.24, 2.45) is 7.05 Å². The Morgan fingerprint density at radius 2 is 2.12 bits per heavy atom. The monoisotopic (exact) mass is 231 g/mol. The molecule has 0 saturated carbocycles. The van der Waals surface area contributed by atoms with Crippen LogP contribution in [0, 0.1) is 5.82 Å². The molecule has 0 bridgehead atoms. The summed E-state index contributed by atoms with van der Waals surface area (Å²) in [4.78, 5) is 11.9. The van der Waals surface area contributed by atoms with Gasteiger partial charge in [0, 0.05) is 19.7 Å². The Bertz CT molecular complexity index is 531. The lowest BCUT2D eigenvalue weighted by molar-refractivity contribution is 0.0975. The van der Waals surface area contributed by atoms with Crippen molar-refractivity contribution in [3.8, 4) is 0 Å². The molecular formula is C14H14FNO. The summed E-state index contributed by atoms with van der Waals surface area (Å²) in [6, 6.07) is 10.0. The Morgan fingerprint density at radius 3 is 2.76 bits per heavy atom. The van der Waals surface area contributed by atoms with Crippen LogP contribution in [0.3, 0.4) is 0 Å². The molecule has 1 aromatic heterocycles. The molecule has 0 atom stereocenters. The van der Waals surface area contributed by atoms with Crippen LogP contribution in [-0.2, 0) is 13.5 Å². The zero-order valence-corrected chi connectivity index (χ0v) is 9.69. The van der Waals surface area contributed by atoms with Crippen molar-refractivity contribution in [2.75, 3.05) is 0 Å². The van der Waals surface area contributed by atoms with E-state index in [-0.39, 0.29) is 11.6 Å². The number of Topliss-reactive ketones (excluding diaryl/α,β-unsaturated/α-hetero) is 1. The van der Waals surface area contributed by atoms with E-state index < -0.39 is 0 Å². The number of carbonyl (C=O) groups excluding carboxylic acids is 1. The van der Waals surface area contributed by atoms with E-state index in [1.54, 1.807) is 16.7 Å². The van der Waals surface area contributed by atoms with Crippen molar-refractivity contribution in [3.63, 3.8) is 0 Å². The van der Waals surface area contributed by atoms with E-state index in [4.69, 9.17) is 0 Å². The minimum Gasteiger partial charge on any atom is -0.348 e. The first kappa shape index (κ1) is 11.6. The Balaban J connectivity index is 1.99. The molecule has 1 aromatic carbocycles. The second-order valence-electron chi connectivity index (χ2n) is 4.06. The molecule has 88 valence electrons. The maximum absolute atomic E-state index is 12.9. The highest BCUT2D eigenvalue weighted by Crippen LogP contribution is 2.10. The summed E-state index contributed by atoms with van der Waals surface area (Å²) in [5, 5.41) is 0. The van der Waals surface area contributed by atoms with Crippen molar-refractivity contribution < 1.29 is 9.18 Å². The molecule has 2 aromatic rings. The van der Waals surface area contributed by atoms with E-state index in [0.29, 0.717) is 18.5 Å². The van der Waals surface area contributed by atoms with Crippen molar-refractivity contribution in [1.29, 1.82) is 0 Å². The number of halogens is 1. The lowest BCUT2D eigenvalue weighted by atomic mass is 10.1. The number of benzene rings is 1. The van der Waals surface area contributed by atoms with Gasteiger partial charge >= 0.3 is 0 Å². The molecule has 0 fully saturated rings. The number of ketones is 1. The zero-order chi connectivity index (χ0) is 12.3. The molecule has 0 amide bonds. The molecule has 0 N–H and O–H groups in total. The summed E-state index contributed by atoms with van der Waals surface area (Å²) >= 11 is 0. The van der Waals surface area contributed by atoms with E-state index in [2.05, 4.69) is 0 Å². The molecule has 0 unspecified atom stereocenters. The van der Waals surface area contributed by atoms with Gasteiger partial charge < -0.3 is 4.57 Å². The summed E-state index contributed by atoms with van der Waals surface area (Å²) < 4.78 is 14.7. The number of hydrogen-bond donors (Lipinski definition) is 0. The lowest BCUT2D eigenvalue weighted by Gasteiger charge is -2.03. The van der Waals surface area contributed by atoms with Crippen LogP contribution in [0.15, 0.2) is 42.6 Å². The Morgan fingerprint density at radius 1 is 1.29 bits per heavy atom. The second kappa shape index (κ2) is 4.95. The molecular weight excluding hydrogens is 217 g/mol. The van der Waals surface area contributed by atoms with Crippen molar-refractivity contribution in [2.45, 2.75) is 12.8 Å². The van der Waals surface area contributed by atoms with Crippen molar-refractivity contribution >= 4 is 5.78 Å². The second-order valence-corrected chi connectivity index (χ2v) is 4.06. The van der Waals surface area contributed by atoms with Crippen LogP contribution in [0.4, 0.5) is 4.39 Å². The van der Waals surface area contributed by atoms with Crippen LogP contribution >= 0.6 is 0 Å². The molecule has 0 saturated heterocycles. The van der Waals surface area contributed by atoms with Gasteiger partial charge in [-0.15, -0.1) is 0 Å². The molecule has 17 heavy (non-hydrogen) atoms. The van der Waals surface area contributed by atoms with Gasteiger partial charge in [-0.05, 0) is 36.2 Å². The third-order valence-electron chi connectivity index (χ3n) is 2.76. The Labute approximate surface area is 99.7 Å². The third kappa shape index (κ3) is 2.81. The summed E-state index contributed by atoms with van der Waals surface area (Å²) in [7, 11) is 1.84. The highest BCUT2D eigenvalue weighted by Gasteiger charge is 2.08. The minimum atomic E-state index is -0.256. The highest BCUT2D eigenvalue weighted by molar-refractivity contribution is 5.94. The molecule has 0 radical (unpaired) electrons. The molecule has 2 nitrogen and oxygen atoms in total. The van der Waals surface area contributed by atoms with Crippen molar-refractivity contribution in [3.05, 3.63) is 59.7 Å². The van der Waals surface area contributed by atoms with Crippen LogP contribution < -0.4 is 0 Å². The number of carbonyl (C=O) groups is 1. The largest absolute Gasteiger partial charge is 0.348 e.